The van der Waals surface area contributed by atoms with Crippen LogP contribution in [0.5, 0.6) is 0 Å². The molecule has 2 aromatic rings. The predicted octanol–water partition coefficient (Wildman–Crippen LogP) is 2.47. The first-order valence-electron chi connectivity index (χ1n) is 8.61. The standard InChI is InChI=1S/C20H20ClN3O3/c1-20(15-7-9-16(21)10-8-15)18(26)24(19(27)23-20)13-17(25)22-12-11-14-5-3-2-4-6-14/h2-10H,11-13H2,1H3,(H,22,25)(H,23,27)/t20-/m0/s1. The summed E-state index contributed by atoms with van der Waals surface area (Å²) >= 11 is 5.88. The van der Waals surface area contributed by atoms with Gasteiger partial charge in [0.1, 0.15) is 12.1 Å². The van der Waals surface area contributed by atoms with E-state index in [9.17, 15) is 14.4 Å². The Labute approximate surface area is 162 Å². The smallest absolute Gasteiger partial charge is 0.325 e. The van der Waals surface area contributed by atoms with Crippen molar-refractivity contribution in [3.8, 4) is 0 Å². The second-order valence-electron chi connectivity index (χ2n) is 6.54. The minimum atomic E-state index is -1.22. The number of halogens is 1. The molecule has 0 spiro atoms. The maximum atomic E-state index is 12.8. The molecule has 2 N–H and O–H groups in total. The molecule has 1 heterocycles. The molecular formula is C20H20ClN3O3. The van der Waals surface area contributed by atoms with E-state index in [1.807, 2.05) is 30.3 Å². The number of rotatable bonds is 6. The number of hydrogen-bond acceptors (Lipinski definition) is 3. The van der Waals surface area contributed by atoms with Crippen molar-refractivity contribution in [2.75, 3.05) is 13.1 Å². The average molecular weight is 386 g/mol. The van der Waals surface area contributed by atoms with Gasteiger partial charge >= 0.3 is 6.03 Å². The van der Waals surface area contributed by atoms with Gasteiger partial charge in [-0.1, -0.05) is 54.1 Å². The Hall–Kier alpha value is -2.86. The molecule has 0 radical (unpaired) electrons. The van der Waals surface area contributed by atoms with Crippen molar-refractivity contribution in [1.82, 2.24) is 15.5 Å². The van der Waals surface area contributed by atoms with Crippen molar-refractivity contribution in [2.45, 2.75) is 18.9 Å². The van der Waals surface area contributed by atoms with Crippen LogP contribution in [-0.2, 0) is 21.5 Å². The summed E-state index contributed by atoms with van der Waals surface area (Å²) in [5, 5.41) is 5.95. The number of nitrogens with one attached hydrogen (secondary N) is 2. The molecule has 4 amide bonds. The van der Waals surface area contributed by atoms with Gasteiger partial charge in [0.15, 0.2) is 0 Å². The average Bonchev–Trinajstić information content (AvgIpc) is 2.87. The van der Waals surface area contributed by atoms with E-state index >= 15 is 0 Å². The maximum absolute atomic E-state index is 12.8. The SMILES string of the molecule is C[C@@]1(c2ccc(Cl)cc2)NC(=O)N(CC(=O)NCCc2ccccc2)C1=O. The Morgan fingerprint density at radius 2 is 1.78 bits per heavy atom. The molecule has 2 aromatic carbocycles. The molecule has 3 rings (SSSR count). The van der Waals surface area contributed by atoms with Gasteiger partial charge < -0.3 is 10.6 Å². The van der Waals surface area contributed by atoms with Gasteiger partial charge in [0.2, 0.25) is 5.91 Å². The maximum Gasteiger partial charge on any atom is 0.325 e. The minimum Gasteiger partial charge on any atom is -0.354 e. The monoisotopic (exact) mass is 385 g/mol. The summed E-state index contributed by atoms with van der Waals surface area (Å²) < 4.78 is 0. The molecule has 0 bridgehead atoms. The van der Waals surface area contributed by atoms with Crippen LogP contribution in [-0.4, -0.2) is 35.8 Å². The summed E-state index contributed by atoms with van der Waals surface area (Å²) in [6.07, 6.45) is 0.676. The topological polar surface area (TPSA) is 78.5 Å². The molecule has 7 heteroatoms. The summed E-state index contributed by atoms with van der Waals surface area (Å²) in [5.74, 6) is -0.845. The fraction of sp³-hybridized carbons (Fsp3) is 0.250. The third-order valence-electron chi connectivity index (χ3n) is 4.58. The molecule has 1 saturated heterocycles. The number of imide groups is 1. The third kappa shape index (κ3) is 4.11. The van der Waals surface area contributed by atoms with Gasteiger partial charge in [-0.25, -0.2) is 4.79 Å². The van der Waals surface area contributed by atoms with Crippen molar-refractivity contribution in [3.05, 3.63) is 70.7 Å². The summed E-state index contributed by atoms with van der Waals surface area (Å²) in [5.41, 5.74) is 0.492. The minimum absolute atomic E-state index is 0.317. The zero-order valence-corrected chi connectivity index (χ0v) is 15.6. The number of nitrogens with zero attached hydrogens (tertiary/aromatic N) is 1. The van der Waals surface area contributed by atoms with Gasteiger partial charge in [0, 0.05) is 11.6 Å². The Morgan fingerprint density at radius 1 is 1.11 bits per heavy atom. The van der Waals surface area contributed by atoms with Crippen molar-refractivity contribution < 1.29 is 14.4 Å². The van der Waals surface area contributed by atoms with E-state index in [2.05, 4.69) is 10.6 Å². The van der Waals surface area contributed by atoms with Crippen LogP contribution in [0.15, 0.2) is 54.6 Å². The van der Waals surface area contributed by atoms with E-state index in [-0.39, 0.29) is 12.5 Å². The molecule has 27 heavy (non-hydrogen) atoms. The van der Waals surface area contributed by atoms with Gasteiger partial charge in [0.05, 0.1) is 0 Å². The first kappa shape index (κ1) is 18.9. The molecular weight excluding hydrogens is 366 g/mol. The number of hydrogen-bond donors (Lipinski definition) is 2. The highest BCUT2D eigenvalue weighted by molar-refractivity contribution is 6.30. The number of amides is 4. The molecule has 1 atom stereocenters. The lowest BCUT2D eigenvalue weighted by atomic mass is 9.92. The Kier molecular flexibility index (Phi) is 5.46. The van der Waals surface area contributed by atoms with Crippen LogP contribution in [0.25, 0.3) is 0 Å². The number of carbonyl (C=O) groups excluding carboxylic acids is 3. The highest BCUT2D eigenvalue weighted by atomic mass is 35.5. The van der Waals surface area contributed by atoms with Gasteiger partial charge in [-0.15, -0.1) is 0 Å². The predicted molar refractivity (Wildman–Crippen MR) is 102 cm³/mol. The van der Waals surface area contributed by atoms with E-state index in [1.165, 1.54) is 0 Å². The zero-order chi connectivity index (χ0) is 19.4. The molecule has 0 aliphatic carbocycles. The van der Waals surface area contributed by atoms with Crippen LogP contribution in [0.3, 0.4) is 0 Å². The highest BCUT2D eigenvalue weighted by Crippen LogP contribution is 2.29. The van der Waals surface area contributed by atoms with Crippen molar-refractivity contribution in [2.24, 2.45) is 0 Å². The summed E-state index contributed by atoms with van der Waals surface area (Å²) in [6, 6.07) is 15.8. The first-order chi connectivity index (χ1) is 12.9. The zero-order valence-electron chi connectivity index (χ0n) is 14.9. The quantitative estimate of drug-likeness (QED) is 0.750. The summed E-state index contributed by atoms with van der Waals surface area (Å²) in [6.45, 7) is 1.73. The number of carbonyl (C=O) groups is 3. The van der Waals surface area contributed by atoms with Crippen LogP contribution in [0.1, 0.15) is 18.1 Å². The van der Waals surface area contributed by atoms with Crippen LogP contribution in [0.4, 0.5) is 4.79 Å². The molecule has 6 nitrogen and oxygen atoms in total. The Balaban J connectivity index is 1.60. The van der Waals surface area contributed by atoms with Gasteiger partial charge in [-0.2, -0.15) is 0 Å². The van der Waals surface area contributed by atoms with Crippen molar-refractivity contribution in [3.63, 3.8) is 0 Å². The lowest BCUT2D eigenvalue weighted by Crippen LogP contribution is -2.43. The molecule has 140 valence electrons. The van der Waals surface area contributed by atoms with E-state index in [0.717, 1.165) is 10.5 Å². The van der Waals surface area contributed by atoms with E-state index in [4.69, 9.17) is 11.6 Å². The van der Waals surface area contributed by atoms with E-state index < -0.39 is 17.5 Å². The van der Waals surface area contributed by atoms with Gasteiger partial charge in [-0.05, 0) is 36.6 Å². The highest BCUT2D eigenvalue weighted by Gasteiger charge is 2.49. The largest absolute Gasteiger partial charge is 0.354 e. The molecule has 1 fully saturated rings. The van der Waals surface area contributed by atoms with Gasteiger partial charge in [-0.3, -0.25) is 14.5 Å². The Morgan fingerprint density at radius 3 is 2.44 bits per heavy atom. The van der Waals surface area contributed by atoms with Crippen molar-refractivity contribution in [1.29, 1.82) is 0 Å². The Bertz CT molecular complexity index is 855. The van der Waals surface area contributed by atoms with Crippen molar-refractivity contribution >= 4 is 29.4 Å². The molecule has 0 unspecified atom stereocenters. The molecule has 0 saturated carbocycles. The lowest BCUT2D eigenvalue weighted by molar-refractivity contribution is -0.134. The van der Waals surface area contributed by atoms with Gasteiger partial charge in [0.25, 0.3) is 5.91 Å². The summed E-state index contributed by atoms with van der Waals surface area (Å²) in [7, 11) is 0. The fourth-order valence-electron chi connectivity index (χ4n) is 3.01. The second-order valence-corrected chi connectivity index (χ2v) is 6.98. The number of benzene rings is 2. The summed E-state index contributed by atoms with van der Waals surface area (Å²) in [4.78, 5) is 38.1. The molecule has 1 aliphatic rings. The van der Waals surface area contributed by atoms with Crippen LogP contribution in [0, 0.1) is 0 Å². The van der Waals surface area contributed by atoms with E-state index in [0.29, 0.717) is 23.6 Å². The number of urea groups is 1. The van der Waals surface area contributed by atoms with Crippen LogP contribution in [0.2, 0.25) is 5.02 Å². The van der Waals surface area contributed by atoms with E-state index in [1.54, 1.807) is 31.2 Å². The first-order valence-corrected chi connectivity index (χ1v) is 8.99. The lowest BCUT2D eigenvalue weighted by Gasteiger charge is -2.22. The van der Waals surface area contributed by atoms with Crippen LogP contribution >= 0.6 is 11.6 Å². The second kappa shape index (κ2) is 7.80. The normalized spacial score (nSPS) is 19.1. The fourth-order valence-corrected chi connectivity index (χ4v) is 3.14. The molecule has 0 aromatic heterocycles. The third-order valence-corrected chi connectivity index (χ3v) is 4.83. The molecule has 1 aliphatic heterocycles. The van der Waals surface area contributed by atoms with Crippen LogP contribution < -0.4 is 10.6 Å².